The molecule has 0 saturated heterocycles. The van der Waals surface area contributed by atoms with Gasteiger partial charge >= 0.3 is 0 Å². The summed E-state index contributed by atoms with van der Waals surface area (Å²) >= 11 is 0. The van der Waals surface area contributed by atoms with Crippen LogP contribution in [0.25, 0.3) is 0 Å². The summed E-state index contributed by atoms with van der Waals surface area (Å²) in [5.74, 6) is 0. The maximum atomic E-state index is 9.81. The van der Waals surface area contributed by atoms with Crippen molar-refractivity contribution >= 4 is 6.34 Å². The van der Waals surface area contributed by atoms with Gasteiger partial charge in [0.05, 0.1) is 32.2 Å². The molecule has 0 fully saturated rings. The lowest BCUT2D eigenvalue weighted by atomic mass is 10.1. The van der Waals surface area contributed by atoms with Gasteiger partial charge in [-0.2, -0.15) is 0 Å². The van der Waals surface area contributed by atoms with Crippen LogP contribution in [-0.2, 0) is 4.74 Å². The molecule has 2 atom stereocenters. The second-order valence-electron chi connectivity index (χ2n) is 3.64. The summed E-state index contributed by atoms with van der Waals surface area (Å²) in [5, 5.41) is 9.81. The predicted molar refractivity (Wildman–Crippen MR) is 62.1 cm³/mol. The number of hydrogen-bond acceptors (Lipinski definition) is 4. The van der Waals surface area contributed by atoms with Crippen molar-refractivity contribution in [2.45, 2.75) is 25.5 Å². The zero-order valence-electron chi connectivity index (χ0n) is 9.89. The van der Waals surface area contributed by atoms with Crippen molar-refractivity contribution in [2.75, 3.05) is 33.9 Å². The molecule has 0 aromatic heterocycles. The van der Waals surface area contributed by atoms with Gasteiger partial charge in [-0.25, -0.2) is 0 Å². The summed E-state index contributed by atoms with van der Waals surface area (Å²) < 4.78 is 5.28. The molecule has 0 rings (SSSR count). The van der Waals surface area contributed by atoms with Crippen LogP contribution in [0.4, 0.5) is 0 Å². The van der Waals surface area contributed by atoms with E-state index in [9.17, 15) is 5.11 Å². The van der Waals surface area contributed by atoms with Gasteiger partial charge in [0.25, 0.3) is 0 Å². The molecule has 0 spiro atoms. The predicted octanol–water partition coefficient (Wildman–Crippen LogP) is -0.309. The molecule has 5 heteroatoms. The minimum absolute atomic E-state index is 0.142. The molecule has 0 aliphatic rings. The van der Waals surface area contributed by atoms with Crippen LogP contribution < -0.4 is 5.73 Å². The number of nitrogens with two attached hydrogens (primary N) is 1. The monoisotopic (exact) mass is 217 g/mol. The van der Waals surface area contributed by atoms with Crippen molar-refractivity contribution in [3.63, 3.8) is 0 Å². The molecule has 0 saturated carbocycles. The quantitative estimate of drug-likeness (QED) is 0.332. The fourth-order valence-corrected chi connectivity index (χ4v) is 1.49. The second-order valence-corrected chi connectivity index (χ2v) is 3.64. The Morgan fingerprint density at radius 2 is 2.20 bits per heavy atom. The van der Waals surface area contributed by atoms with Gasteiger partial charge in [0.1, 0.15) is 0 Å². The van der Waals surface area contributed by atoms with Gasteiger partial charge < -0.3 is 20.5 Å². The van der Waals surface area contributed by atoms with E-state index in [4.69, 9.17) is 10.5 Å². The van der Waals surface area contributed by atoms with Gasteiger partial charge in [-0.05, 0) is 20.5 Å². The van der Waals surface area contributed by atoms with Crippen LogP contribution in [0.3, 0.4) is 0 Å². The molecule has 90 valence electrons. The van der Waals surface area contributed by atoms with Crippen LogP contribution in [0.5, 0.6) is 0 Å². The van der Waals surface area contributed by atoms with E-state index in [0.717, 1.165) is 6.42 Å². The number of aliphatic hydroxyl groups excluding tert-OH is 1. The Morgan fingerprint density at radius 3 is 2.67 bits per heavy atom. The zero-order valence-corrected chi connectivity index (χ0v) is 9.89. The van der Waals surface area contributed by atoms with Crippen molar-refractivity contribution in [3.8, 4) is 0 Å². The van der Waals surface area contributed by atoms with Crippen LogP contribution in [0.2, 0.25) is 0 Å². The maximum absolute atomic E-state index is 9.81. The van der Waals surface area contributed by atoms with Gasteiger partial charge in [0, 0.05) is 6.04 Å². The highest BCUT2D eigenvalue weighted by atomic mass is 16.5. The van der Waals surface area contributed by atoms with E-state index in [1.54, 1.807) is 0 Å². The summed E-state index contributed by atoms with van der Waals surface area (Å²) in [6.45, 7) is 3.43. The van der Waals surface area contributed by atoms with Crippen LogP contribution in [-0.4, -0.2) is 62.3 Å². The molecule has 0 aromatic carbocycles. The molecular weight excluding hydrogens is 194 g/mol. The Balaban J connectivity index is 3.66. The number of ether oxygens (including phenoxy) is 1. The fraction of sp³-hybridized carbons (Fsp3) is 0.900. The van der Waals surface area contributed by atoms with E-state index in [1.807, 2.05) is 25.9 Å². The van der Waals surface area contributed by atoms with Gasteiger partial charge in [0.15, 0.2) is 0 Å². The Morgan fingerprint density at radius 1 is 1.53 bits per heavy atom. The molecule has 0 aliphatic carbocycles. The number of hydrogen-bond donors (Lipinski definition) is 2. The van der Waals surface area contributed by atoms with E-state index in [1.165, 1.54) is 6.34 Å². The molecule has 0 heterocycles. The van der Waals surface area contributed by atoms with Gasteiger partial charge in [-0.15, -0.1) is 0 Å². The largest absolute Gasteiger partial charge is 0.390 e. The number of aliphatic imine (C=N–C) groups is 1. The molecular formula is C10H23N3O2. The Hall–Kier alpha value is -0.650. The topological polar surface area (TPSA) is 71.1 Å². The number of likely N-dealkylation sites (N-methyl/N-ethyl adjacent to an activating group) is 1. The molecule has 3 N–H and O–H groups in total. The number of aliphatic hydroxyl groups is 1. The van der Waals surface area contributed by atoms with Crippen LogP contribution >= 0.6 is 0 Å². The number of nitrogens with zero attached hydrogens (tertiary/aromatic N) is 2. The van der Waals surface area contributed by atoms with Crippen molar-refractivity contribution in [3.05, 3.63) is 0 Å². The highest BCUT2D eigenvalue weighted by Crippen LogP contribution is 2.05. The van der Waals surface area contributed by atoms with Crippen LogP contribution in [0.1, 0.15) is 13.3 Å². The van der Waals surface area contributed by atoms with Crippen molar-refractivity contribution in [1.29, 1.82) is 0 Å². The Labute approximate surface area is 91.9 Å². The molecule has 0 radical (unpaired) electrons. The second kappa shape index (κ2) is 8.64. The molecule has 5 nitrogen and oxygen atoms in total. The minimum atomic E-state index is -0.452. The lowest BCUT2D eigenvalue weighted by molar-refractivity contribution is -0.00500. The third-order valence-electron chi connectivity index (χ3n) is 2.28. The molecule has 15 heavy (non-hydrogen) atoms. The van der Waals surface area contributed by atoms with Crippen molar-refractivity contribution < 1.29 is 9.84 Å². The average Bonchev–Trinajstić information content (AvgIpc) is 2.18. The molecule has 2 unspecified atom stereocenters. The first-order chi connectivity index (χ1) is 7.13. The summed E-state index contributed by atoms with van der Waals surface area (Å²) in [6.07, 6.45) is 1.71. The first kappa shape index (κ1) is 14.3. The lowest BCUT2D eigenvalue weighted by Gasteiger charge is -2.27. The Bertz CT molecular complexity index is 174. The van der Waals surface area contributed by atoms with Gasteiger partial charge in [-0.3, -0.25) is 4.99 Å². The molecule has 0 amide bonds. The van der Waals surface area contributed by atoms with Crippen molar-refractivity contribution in [2.24, 2.45) is 10.7 Å². The fourth-order valence-electron chi connectivity index (χ4n) is 1.49. The average molecular weight is 217 g/mol. The van der Waals surface area contributed by atoms with E-state index in [-0.39, 0.29) is 6.04 Å². The van der Waals surface area contributed by atoms with Crippen molar-refractivity contribution in [1.82, 2.24) is 4.90 Å². The summed E-state index contributed by atoms with van der Waals surface area (Å²) in [7, 11) is 3.91. The summed E-state index contributed by atoms with van der Waals surface area (Å²) in [4.78, 5) is 5.81. The van der Waals surface area contributed by atoms with Gasteiger partial charge in [0.2, 0.25) is 0 Å². The van der Waals surface area contributed by atoms with E-state index >= 15 is 0 Å². The summed E-state index contributed by atoms with van der Waals surface area (Å²) in [6, 6.07) is 0.142. The smallest absolute Gasteiger partial charge is 0.0928 e. The maximum Gasteiger partial charge on any atom is 0.0928 e. The van der Waals surface area contributed by atoms with E-state index < -0.39 is 6.10 Å². The minimum Gasteiger partial charge on any atom is -0.390 e. The third-order valence-corrected chi connectivity index (χ3v) is 2.28. The molecule has 0 aromatic rings. The highest BCUT2D eigenvalue weighted by molar-refractivity contribution is 5.50. The molecule has 0 aliphatic heterocycles. The van der Waals surface area contributed by atoms with Crippen LogP contribution in [0, 0.1) is 0 Å². The third kappa shape index (κ3) is 6.43. The normalized spacial score (nSPS) is 16.1. The first-order valence-electron chi connectivity index (χ1n) is 5.25. The SMILES string of the molecule is CCC(C(O)COCCN=CN)N(C)C. The van der Waals surface area contributed by atoms with E-state index in [2.05, 4.69) is 4.99 Å². The standard InChI is InChI=1S/C10H23N3O2/c1-4-9(13(2)3)10(14)7-15-6-5-12-8-11/h8-10,14H,4-7H2,1-3H3,(H2,11,12). The number of rotatable bonds is 8. The molecule has 0 bridgehead atoms. The Kier molecular flexibility index (Phi) is 8.27. The van der Waals surface area contributed by atoms with E-state index in [0.29, 0.717) is 19.8 Å². The summed E-state index contributed by atoms with van der Waals surface area (Å²) in [5.41, 5.74) is 5.08. The zero-order chi connectivity index (χ0) is 11.7. The first-order valence-corrected chi connectivity index (χ1v) is 5.25. The van der Waals surface area contributed by atoms with Gasteiger partial charge in [-0.1, -0.05) is 6.92 Å². The van der Waals surface area contributed by atoms with Crippen LogP contribution in [0.15, 0.2) is 4.99 Å². The highest BCUT2D eigenvalue weighted by Gasteiger charge is 2.19. The lowest BCUT2D eigenvalue weighted by Crippen LogP contribution is -2.41.